The molecule has 0 aliphatic heterocycles. The molecule has 1 aromatic heterocycles. The lowest BCUT2D eigenvalue weighted by Crippen LogP contribution is -2.40. The highest BCUT2D eigenvalue weighted by molar-refractivity contribution is 5.80. The summed E-state index contributed by atoms with van der Waals surface area (Å²) in [4.78, 5) is 34.1. The molecule has 0 spiro atoms. The molecule has 230 valence electrons. The van der Waals surface area contributed by atoms with E-state index in [2.05, 4.69) is 11.8 Å². The molecule has 1 heterocycles. The first kappa shape index (κ1) is 32.5. The predicted octanol–water partition coefficient (Wildman–Crippen LogP) is 6.97. The maximum absolute atomic E-state index is 13.9. The van der Waals surface area contributed by atoms with Crippen molar-refractivity contribution in [2.75, 3.05) is 19.8 Å². The molecule has 1 amide bonds. The third-order valence-electron chi connectivity index (χ3n) is 6.99. The normalized spacial score (nSPS) is 12.5. The average Bonchev–Trinajstić information content (AvgIpc) is 2.98. The monoisotopic (exact) mass is 603 g/mol. The van der Waals surface area contributed by atoms with Crippen molar-refractivity contribution in [2.24, 2.45) is 5.41 Å². The Hall–Kier alpha value is -4.42. The predicted molar refractivity (Wildman–Crippen MR) is 165 cm³/mol. The van der Waals surface area contributed by atoms with Gasteiger partial charge in [0.05, 0.1) is 41.2 Å². The Bertz CT molecular complexity index is 1730. The SMILES string of the molecule is CCOCCN(C(=O)Cc1ccc(C(F)(F)F)cc1)[C@H](C)c1nc2ccccc2c(=O)n1-c1ccc(C#CC(C)(C)C)cc1. The van der Waals surface area contributed by atoms with Crippen molar-refractivity contribution in [1.82, 2.24) is 14.5 Å². The molecule has 4 rings (SSSR count). The summed E-state index contributed by atoms with van der Waals surface area (Å²) in [6.45, 7) is 10.6. The Morgan fingerprint density at radius 1 is 1.00 bits per heavy atom. The van der Waals surface area contributed by atoms with Crippen LogP contribution in [0.25, 0.3) is 16.6 Å². The minimum absolute atomic E-state index is 0.131. The van der Waals surface area contributed by atoms with Crippen molar-refractivity contribution in [1.29, 1.82) is 0 Å². The Labute approximate surface area is 255 Å². The standard InChI is InChI=1S/C35H36F3N3O3/c1-6-44-22-21-40(31(42)23-26-11-15-27(16-12-26)35(36,37)38)24(2)32-39-30-10-8-7-9-29(30)33(43)41(32)28-17-13-25(14-18-28)19-20-34(3,4)5/h7-18,24H,6,21-23H2,1-5H3/t24-/m1/s1. The van der Waals surface area contributed by atoms with Crippen LogP contribution in [0.15, 0.2) is 77.6 Å². The second kappa shape index (κ2) is 13.5. The highest BCUT2D eigenvalue weighted by Gasteiger charge is 2.31. The minimum atomic E-state index is -4.47. The molecule has 4 aromatic rings. The Balaban J connectivity index is 1.76. The third kappa shape index (κ3) is 7.94. The fourth-order valence-corrected chi connectivity index (χ4v) is 4.70. The van der Waals surface area contributed by atoms with Crippen molar-refractivity contribution in [3.8, 4) is 17.5 Å². The van der Waals surface area contributed by atoms with Gasteiger partial charge in [0.1, 0.15) is 5.82 Å². The average molecular weight is 604 g/mol. The number of rotatable bonds is 9. The Morgan fingerprint density at radius 2 is 1.66 bits per heavy atom. The summed E-state index contributed by atoms with van der Waals surface area (Å²) >= 11 is 0. The molecule has 3 aromatic carbocycles. The number of hydrogen-bond acceptors (Lipinski definition) is 4. The number of carbonyl (C=O) groups excluding carboxylic acids is 1. The van der Waals surface area contributed by atoms with Crippen molar-refractivity contribution in [3.05, 3.63) is 106 Å². The van der Waals surface area contributed by atoms with Gasteiger partial charge >= 0.3 is 6.18 Å². The highest BCUT2D eigenvalue weighted by Crippen LogP contribution is 2.29. The van der Waals surface area contributed by atoms with E-state index in [1.165, 1.54) is 16.7 Å². The fourth-order valence-electron chi connectivity index (χ4n) is 4.70. The molecular weight excluding hydrogens is 567 g/mol. The van der Waals surface area contributed by atoms with E-state index in [0.717, 1.165) is 17.7 Å². The van der Waals surface area contributed by atoms with E-state index in [9.17, 15) is 22.8 Å². The molecule has 0 fully saturated rings. The van der Waals surface area contributed by atoms with Crippen molar-refractivity contribution in [2.45, 2.75) is 53.3 Å². The Kier molecular flexibility index (Phi) is 9.95. The first-order valence-electron chi connectivity index (χ1n) is 14.5. The molecule has 0 radical (unpaired) electrons. The molecule has 0 aliphatic rings. The van der Waals surface area contributed by atoms with Gasteiger partial charge in [0, 0.05) is 24.1 Å². The van der Waals surface area contributed by atoms with E-state index in [-0.39, 0.29) is 36.5 Å². The van der Waals surface area contributed by atoms with Crippen LogP contribution in [0.5, 0.6) is 0 Å². The van der Waals surface area contributed by atoms with Crippen molar-refractivity contribution < 1.29 is 22.7 Å². The summed E-state index contributed by atoms with van der Waals surface area (Å²) in [5, 5.41) is 0.428. The number of para-hydroxylation sites is 1. The quantitative estimate of drug-likeness (QED) is 0.153. The number of aromatic nitrogens is 2. The molecule has 0 saturated carbocycles. The molecule has 44 heavy (non-hydrogen) atoms. The molecule has 6 nitrogen and oxygen atoms in total. The maximum Gasteiger partial charge on any atom is 0.416 e. The van der Waals surface area contributed by atoms with Gasteiger partial charge < -0.3 is 9.64 Å². The first-order chi connectivity index (χ1) is 20.8. The topological polar surface area (TPSA) is 64.4 Å². The van der Waals surface area contributed by atoms with Crippen LogP contribution in [-0.4, -0.2) is 40.1 Å². The largest absolute Gasteiger partial charge is 0.416 e. The van der Waals surface area contributed by atoms with Crippen LogP contribution in [0.2, 0.25) is 0 Å². The van der Waals surface area contributed by atoms with E-state index in [4.69, 9.17) is 9.72 Å². The summed E-state index contributed by atoms with van der Waals surface area (Å²) in [6, 6.07) is 18.2. The van der Waals surface area contributed by atoms with Crippen LogP contribution in [0.1, 0.15) is 63.2 Å². The van der Waals surface area contributed by atoms with Gasteiger partial charge in [0.2, 0.25) is 5.91 Å². The van der Waals surface area contributed by atoms with Crippen LogP contribution >= 0.6 is 0 Å². The molecule has 0 aliphatic carbocycles. The number of fused-ring (bicyclic) bond motifs is 1. The second-order valence-electron chi connectivity index (χ2n) is 11.5. The van der Waals surface area contributed by atoms with Crippen LogP contribution in [0.4, 0.5) is 13.2 Å². The summed E-state index contributed by atoms with van der Waals surface area (Å²) in [5.41, 5.74) is 1.05. The highest BCUT2D eigenvalue weighted by atomic mass is 19.4. The number of amides is 1. The first-order valence-corrected chi connectivity index (χ1v) is 14.5. The van der Waals surface area contributed by atoms with E-state index >= 15 is 0 Å². The van der Waals surface area contributed by atoms with Crippen LogP contribution in [0.3, 0.4) is 0 Å². The smallest absolute Gasteiger partial charge is 0.380 e. The van der Waals surface area contributed by atoms with Crippen molar-refractivity contribution in [3.63, 3.8) is 0 Å². The number of halogens is 3. The van der Waals surface area contributed by atoms with Crippen LogP contribution in [-0.2, 0) is 22.1 Å². The zero-order valence-corrected chi connectivity index (χ0v) is 25.5. The Morgan fingerprint density at radius 3 is 2.27 bits per heavy atom. The summed E-state index contributed by atoms with van der Waals surface area (Å²) in [5.74, 6) is 6.37. The summed E-state index contributed by atoms with van der Waals surface area (Å²) in [7, 11) is 0. The number of carbonyl (C=O) groups is 1. The van der Waals surface area contributed by atoms with Crippen LogP contribution < -0.4 is 5.56 Å². The van der Waals surface area contributed by atoms with E-state index in [1.54, 1.807) is 48.2 Å². The van der Waals surface area contributed by atoms with Gasteiger partial charge in [-0.2, -0.15) is 13.2 Å². The lowest BCUT2D eigenvalue weighted by molar-refractivity contribution is -0.137. The van der Waals surface area contributed by atoms with Gasteiger partial charge in [0.25, 0.3) is 5.56 Å². The molecule has 0 N–H and O–H groups in total. The fraction of sp³-hybridized carbons (Fsp3) is 0.343. The number of hydrogen-bond donors (Lipinski definition) is 0. The van der Waals surface area contributed by atoms with Gasteiger partial charge in [-0.25, -0.2) is 4.98 Å². The van der Waals surface area contributed by atoms with Gasteiger partial charge in [-0.3, -0.25) is 14.2 Å². The van der Waals surface area contributed by atoms with E-state index in [0.29, 0.717) is 34.6 Å². The van der Waals surface area contributed by atoms with E-state index < -0.39 is 17.8 Å². The van der Waals surface area contributed by atoms with Crippen LogP contribution in [0, 0.1) is 17.3 Å². The molecule has 0 saturated heterocycles. The molecule has 9 heteroatoms. The number of ether oxygens (including phenoxy) is 1. The van der Waals surface area contributed by atoms with Gasteiger partial charge in [-0.1, -0.05) is 36.1 Å². The molecule has 0 bridgehead atoms. The van der Waals surface area contributed by atoms with E-state index in [1.807, 2.05) is 39.8 Å². The molecule has 1 atom stereocenters. The summed E-state index contributed by atoms with van der Waals surface area (Å²) < 4.78 is 46.3. The van der Waals surface area contributed by atoms with Gasteiger partial charge in [-0.15, -0.1) is 0 Å². The zero-order valence-electron chi connectivity index (χ0n) is 25.5. The number of alkyl halides is 3. The van der Waals surface area contributed by atoms with Gasteiger partial charge in [0.15, 0.2) is 0 Å². The van der Waals surface area contributed by atoms with Gasteiger partial charge in [-0.05, 0) is 88.7 Å². The number of benzene rings is 3. The lowest BCUT2D eigenvalue weighted by Gasteiger charge is -2.30. The van der Waals surface area contributed by atoms with Crippen molar-refractivity contribution >= 4 is 16.8 Å². The molecular formula is C35H36F3N3O3. The maximum atomic E-state index is 13.9. The zero-order chi connectivity index (χ0) is 32.1. The molecule has 0 unspecified atom stereocenters. The second-order valence-corrected chi connectivity index (χ2v) is 11.5. The lowest BCUT2D eigenvalue weighted by atomic mass is 9.97. The minimum Gasteiger partial charge on any atom is -0.380 e. The number of nitrogens with zero attached hydrogens (tertiary/aromatic N) is 3. The third-order valence-corrected chi connectivity index (χ3v) is 6.99. The summed E-state index contributed by atoms with van der Waals surface area (Å²) in [6.07, 6.45) is -4.60.